The van der Waals surface area contributed by atoms with Crippen LogP contribution < -0.4 is 14.8 Å². The first-order valence-electron chi connectivity index (χ1n) is 6.81. The van der Waals surface area contributed by atoms with Crippen LogP contribution in [0.15, 0.2) is 53.4 Å². The number of hydrogen-bond donors (Lipinski definition) is 2. The standard InChI is InChI=1S/C15H13F3N2O4S/c1-10(21)19-11-5-7-14(8-6-11)25(22,23)20-12-3-2-4-13(9-12)24-15(16,17)18/h2-9,20H,1H3,(H,19,21). The molecular weight excluding hydrogens is 361 g/mol. The quantitative estimate of drug-likeness (QED) is 0.841. The second-order valence-electron chi connectivity index (χ2n) is 4.89. The van der Waals surface area contributed by atoms with Crippen molar-refractivity contribution in [1.82, 2.24) is 0 Å². The van der Waals surface area contributed by atoms with E-state index in [-0.39, 0.29) is 16.5 Å². The molecule has 25 heavy (non-hydrogen) atoms. The van der Waals surface area contributed by atoms with Gasteiger partial charge in [-0.2, -0.15) is 0 Å². The summed E-state index contributed by atoms with van der Waals surface area (Å²) in [6.07, 6.45) is -4.88. The number of benzene rings is 2. The van der Waals surface area contributed by atoms with Gasteiger partial charge in [0.05, 0.1) is 10.6 Å². The normalized spacial score (nSPS) is 11.7. The third-order valence-electron chi connectivity index (χ3n) is 2.80. The molecule has 0 spiro atoms. The van der Waals surface area contributed by atoms with Crippen LogP contribution in [0.2, 0.25) is 0 Å². The van der Waals surface area contributed by atoms with Crippen molar-refractivity contribution in [2.45, 2.75) is 18.2 Å². The molecule has 0 bridgehead atoms. The highest BCUT2D eigenvalue weighted by atomic mass is 32.2. The van der Waals surface area contributed by atoms with Crippen molar-refractivity contribution in [3.05, 3.63) is 48.5 Å². The van der Waals surface area contributed by atoms with Gasteiger partial charge in [-0.15, -0.1) is 13.2 Å². The van der Waals surface area contributed by atoms with Crippen LogP contribution >= 0.6 is 0 Å². The third-order valence-corrected chi connectivity index (χ3v) is 4.20. The number of carbonyl (C=O) groups is 1. The fraction of sp³-hybridized carbons (Fsp3) is 0.133. The van der Waals surface area contributed by atoms with Gasteiger partial charge in [0.25, 0.3) is 10.0 Å². The van der Waals surface area contributed by atoms with E-state index < -0.39 is 22.1 Å². The van der Waals surface area contributed by atoms with Gasteiger partial charge in [-0.25, -0.2) is 8.42 Å². The molecular formula is C15H13F3N2O4S. The Hall–Kier alpha value is -2.75. The highest BCUT2D eigenvalue weighted by Gasteiger charge is 2.31. The molecule has 0 aromatic heterocycles. The lowest BCUT2D eigenvalue weighted by Gasteiger charge is -2.12. The molecule has 0 atom stereocenters. The molecule has 0 fully saturated rings. The second-order valence-corrected chi connectivity index (χ2v) is 6.57. The first kappa shape index (κ1) is 18.6. The lowest BCUT2D eigenvalue weighted by molar-refractivity contribution is -0.274. The van der Waals surface area contributed by atoms with Crippen LogP contribution in [0.3, 0.4) is 0 Å². The molecule has 10 heteroatoms. The van der Waals surface area contributed by atoms with Gasteiger partial charge in [-0.05, 0) is 36.4 Å². The van der Waals surface area contributed by atoms with E-state index in [9.17, 15) is 26.4 Å². The molecule has 0 radical (unpaired) electrons. The Morgan fingerprint density at radius 2 is 1.68 bits per heavy atom. The first-order valence-corrected chi connectivity index (χ1v) is 8.30. The average molecular weight is 374 g/mol. The van der Waals surface area contributed by atoms with E-state index in [4.69, 9.17) is 0 Å². The fourth-order valence-electron chi connectivity index (χ4n) is 1.89. The zero-order chi connectivity index (χ0) is 18.7. The van der Waals surface area contributed by atoms with Crippen molar-refractivity contribution in [2.24, 2.45) is 0 Å². The lowest BCUT2D eigenvalue weighted by atomic mass is 10.3. The Balaban J connectivity index is 2.18. The third kappa shape index (κ3) is 5.68. The summed E-state index contributed by atoms with van der Waals surface area (Å²) in [5, 5.41) is 2.49. The molecule has 2 rings (SSSR count). The minimum atomic E-state index is -4.88. The predicted molar refractivity (Wildman–Crippen MR) is 84.7 cm³/mol. The van der Waals surface area contributed by atoms with Crippen LogP contribution in [0.4, 0.5) is 24.5 Å². The van der Waals surface area contributed by atoms with Crippen LogP contribution in [0.25, 0.3) is 0 Å². The molecule has 0 unspecified atom stereocenters. The number of ether oxygens (including phenoxy) is 1. The number of carbonyl (C=O) groups excluding carboxylic acids is 1. The average Bonchev–Trinajstić information content (AvgIpc) is 2.45. The van der Waals surface area contributed by atoms with Gasteiger partial charge in [0.1, 0.15) is 5.75 Å². The van der Waals surface area contributed by atoms with Crippen molar-refractivity contribution in [3.8, 4) is 5.75 Å². The Morgan fingerprint density at radius 3 is 2.24 bits per heavy atom. The van der Waals surface area contributed by atoms with Gasteiger partial charge in [-0.3, -0.25) is 9.52 Å². The minimum Gasteiger partial charge on any atom is -0.406 e. The highest BCUT2D eigenvalue weighted by molar-refractivity contribution is 7.92. The molecule has 0 saturated heterocycles. The molecule has 0 aliphatic carbocycles. The maximum Gasteiger partial charge on any atom is 0.573 e. The van der Waals surface area contributed by atoms with Gasteiger partial charge in [0, 0.05) is 18.7 Å². The Morgan fingerprint density at radius 1 is 1.04 bits per heavy atom. The molecule has 0 heterocycles. The molecule has 134 valence electrons. The smallest absolute Gasteiger partial charge is 0.406 e. The summed E-state index contributed by atoms with van der Waals surface area (Å²) >= 11 is 0. The summed E-state index contributed by atoms with van der Waals surface area (Å²) in [7, 11) is -4.02. The van der Waals surface area contributed by atoms with Gasteiger partial charge < -0.3 is 10.1 Å². The van der Waals surface area contributed by atoms with Crippen molar-refractivity contribution in [3.63, 3.8) is 0 Å². The van der Waals surface area contributed by atoms with E-state index in [1.165, 1.54) is 43.3 Å². The van der Waals surface area contributed by atoms with Crippen LogP contribution in [0, 0.1) is 0 Å². The Labute approximate surface area is 141 Å². The summed E-state index contributed by atoms with van der Waals surface area (Å²) in [5.74, 6) is -0.857. The van der Waals surface area contributed by atoms with Gasteiger partial charge >= 0.3 is 6.36 Å². The number of halogens is 3. The zero-order valence-electron chi connectivity index (χ0n) is 12.8. The highest BCUT2D eigenvalue weighted by Crippen LogP contribution is 2.26. The van der Waals surface area contributed by atoms with Crippen LogP contribution in [0.5, 0.6) is 5.75 Å². The Bertz CT molecular complexity index is 865. The summed E-state index contributed by atoms with van der Waals surface area (Å²) < 4.78 is 67.1. The molecule has 0 aliphatic rings. The molecule has 0 aliphatic heterocycles. The summed E-state index contributed by atoms with van der Waals surface area (Å²) in [6, 6.07) is 9.75. The number of rotatable bonds is 5. The largest absolute Gasteiger partial charge is 0.573 e. The SMILES string of the molecule is CC(=O)Nc1ccc(S(=O)(=O)Nc2cccc(OC(F)(F)F)c2)cc1. The van der Waals surface area contributed by atoms with E-state index in [1.54, 1.807) is 0 Å². The van der Waals surface area contributed by atoms with E-state index in [0.29, 0.717) is 5.69 Å². The number of hydrogen-bond acceptors (Lipinski definition) is 4. The van der Waals surface area contributed by atoms with E-state index >= 15 is 0 Å². The van der Waals surface area contributed by atoms with Crippen LogP contribution in [-0.4, -0.2) is 20.7 Å². The van der Waals surface area contributed by atoms with Crippen molar-refractivity contribution in [2.75, 3.05) is 10.0 Å². The summed E-state index contributed by atoms with van der Waals surface area (Å²) in [5.41, 5.74) is 0.319. The number of amides is 1. The number of anilines is 2. The van der Waals surface area contributed by atoms with Crippen molar-refractivity contribution >= 4 is 27.3 Å². The topological polar surface area (TPSA) is 84.5 Å². The monoisotopic (exact) mass is 374 g/mol. The summed E-state index contributed by atoms with van der Waals surface area (Å²) in [4.78, 5) is 10.8. The number of nitrogens with one attached hydrogen (secondary N) is 2. The summed E-state index contributed by atoms with van der Waals surface area (Å²) in [6.45, 7) is 1.31. The van der Waals surface area contributed by atoms with Crippen LogP contribution in [0.1, 0.15) is 6.92 Å². The molecule has 1 amide bonds. The lowest BCUT2D eigenvalue weighted by Crippen LogP contribution is -2.17. The van der Waals surface area contributed by atoms with E-state index in [0.717, 1.165) is 12.1 Å². The maximum atomic E-state index is 12.3. The minimum absolute atomic E-state index is 0.0901. The molecule has 6 nitrogen and oxygen atoms in total. The van der Waals surface area contributed by atoms with Gasteiger partial charge in [0.15, 0.2) is 0 Å². The molecule has 0 saturated carbocycles. The first-order chi connectivity index (χ1) is 11.5. The number of alkyl halides is 3. The van der Waals surface area contributed by atoms with Gasteiger partial charge in [-0.1, -0.05) is 6.07 Å². The van der Waals surface area contributed by atoms with Crippen molar-refractivity contribution in [1.29, 1.82) is 0 Å². The maximum absolute atomic E-state index is 12.3. The van der Waals surface area contributed by atoms with Crippen molar-refractivity contribution < 1.29 is 31.1 Å². The van der Waals surface area contributed by atoms with Gasteiger partial charge in [0.2, 0.25) is 5.91 Å². The predicted octanol–water partition coefficient (Wildman–Crippen LogP) is 3.34. The fourth-order valence-corrected chi connectivity index (χ4v) is 2.94. The van der Waals surface area contributed by atoms with Crippen LogP contribution in [-0.2, 0) is 14.8 Å². The molecule has 2 N–H and O–H groups in total. The zero-order valence-corrected chi connectivity index (χ0v) is 13.6. The molecule has 2 aromatic rings. The second kappa shape index (κ2) is 7.01. The number of sulfonamides is 1. The Kier molecular flexibility index (Phi) is 5.21. The van der Waals surface area contributed by atoms with E-state index in [1.807, 2.05) is 0 Å². The molecule has 2 aromatic carbocycles. The van der Waals surface area contributed by atoms with E-state index in [2.05, 4.69) is 14.8 Å².